The number of nitrogens with zero attached hydrogens (tertiary/aromatic N) is 3. The summed E-state index contributed by atoms with van der Waals surface area (Å²) >= 11 is 0. The van der Waals surface area contributed by atoms with Crippen LogP contribution in [-0.2, 0) is 19.0 Å². The first-order valence-corrected chi connectivity index (χ1v) is 11.5. The van der Waals surface area contributed by atoms with E-state index in [4.69, 9.17) is 5.73 Å². The summed E-state index contributed by atoms with van der Waals surface area (Å²) in [5.74, 6) is -1.85. The topological polar surface area (TPSA) is 82.7 Å². The van der Waals surface area contributed by atoms with Crippen LogP contribution in [0.3, 0.4) is 0 Å². The van der Waals surface area contributed by atoms with E-state index in [0.717, 1.165) is 19.2 Å². The predicted molar refractivity (Wildman–Crippen MR) is 128 cm³/mol. The summed E-state index contributed by atoms with van der Waals surface area (Å²) in [5, 5.41) is 10.1. The molecule has 0 saturated carbocycles. The molecule has 36 heavy (non-hydrogen) atoms. The van der Waals surface area contributed by atoms with Gasteiger partial charge in [0.15, 0.2) is 11.6 Å². The Hall–Kier alpha value is -3.66. The third-order valence-electron chi connectivity index (χ3n) is 6.36. The van der Waals surface area contributed by atoms with E-state index in [-0.39, 0.29) is 35.9 Å². The van der Waals surface area contributed by atoms with Gasteiger partial charge in [-0.05, 0) is 55.3 Å². The van der Waals surface area contributed by atoms with E-state index < -0.39 is 17.6 Å². The lowest BCUT2D eigenvalue weighted by molar-refractivity contribution is -0.140. The largest absolute Gasteiger partial charge is 0.504 e. The highest BCUT2D eigenvalue weighted by molar-refractivity contribution is 5.95. The van der Waals surface area contributed by atoms with E-state index >= 15 is 0 Å². The molecule has 3 N–H and O–H groups in total. The van der Waals surface area contributed by atoms with E-state index in [1.165, 1.54) is 18.2 Å². The molecule has 0 bridgehead atoms. The normalized spacial score (nSPS) is 14.8. The third-order valence-corrected chi connectivity index (χ3v) is 6.36. The second kappa shape index (κ2) is 10.1. The number of anilines is 1. The van der Waals surface area contributed by atoms with Crippen LogP contribution in [0, 0.1) is 5.82 Å². The molecule has 1 aliphatic rings. The van der Waals surface area contributed by atoms with E-state index in [9.17, 15) is 27.5 Å². The Morgan fingerprint density at radius 3 is 2.36 bits per heavy atom. The summed E-state index contributed by atoms with van der Waals surface area (Å²) in [6.07, 6.45) is -4.96. The smallest absolute Gasteiger partial charge is 0.419 e. The lowest BCUT2D eigenvalue weighted by atomic mass is 9.96. The molecule has 4 rings (SSSR count). The van der Waals surface area contributed by atoms with Gasteiger partial charge in [-0.2, -0.15) is 13.2 Å². The van der Waals surface area contributed by atoms with Crippen LogP contribution < -0.4 is 5.73 Å². The Bertz CT molecular complexity index is 1250. The first kappa shape index (κ1) is 25.4. The highest BCUT2D eigenvalue weighted by Gasteiger charge is 2.36. The van der Waals surface area contributed by atoms with E-state index in [1.54, 1.807) is 29.2 Å². The van der Waals surface area contributed by atoms with Crippen LogP contribution >= 0.6 is 0 Å². The number of alkyl halides is 3. The van der Waals surface area contributed by atoms with Gasteiger partial charge in [-0.25, -0.2) is 9.37 Å². The number of likely N-dealkylation sites (N-methyl/N-ethyl adjacent to an activating group) is 1. The molecule has 0 aliphatic carbocycles. The predicted octanol–water partition coefficient (Wildman–Crippen LogP) is 4.37. The minimum absolute atomic E-state index is 0.0221. The van der Waals surface area contributed by atoms with E-state index in [2.05, 4.69) is 9.88 Å². The summed E-state index contributed by atoms with van der Waals surface area (Å²) < 4.78 is 54.2. The Kier molecular flexibility index (Phi) is 7.16. The van der Waals surface area contributed by atoms with Gasteiger partial charge >= 0.3 is 6.18 Å². The monoisotopic (exact) mass is 502 g/mol. The molecular weight excluding hydrogens is 476 g/mol. The van der Waals surface area contributed by atoms with Crippen LogP contribution in [0.2, 0.25) is 0 Å². The van der Waals surface area contributed by atoms with Gasteiger partial charge in [0.2, 0.25) is 0 Å². The number of pyridine rings is 1. The number of amides is 1. The zero-order valence-corrected chi connectivity index (χ0v) is 19.6. The Morgan fingerprint density at radius 1 is 1.06 bits per heavy atom. The van der Waals surface area contributed by atoms with Crippen molar-refractivity contribution in [3.63, 3.8) is 0 Å². The molecule has 1 fully saturated rings. The Labute approximate surface area is 206 Å². The molecule has 0 spiro atoms. The molecule has 1 aliphatic heterocycles. The first-order valence-electron chi connectivity index (χ1n) is 11.5. The fraction of sp³-hybridized carbons (Fsp3) is 0.308. The van der Waals surface area contributed by atoms with Gasteiger partial charge in [0.25, 0.3) is 5.91 Å². The van der Waals surface area contributed by atoms with Gasteiger partial charge in [-0.1, -0.05) is 24.3 Å². The summed E-state index contributed by atoms with van der Waals surface area (Å²) in [6, 6.07) is 11.4. The number of piperazine rings is 1. The molecular formula is C26H26F4N4O2. The van der Waals surface area contributed by atoms with Gasteiger partial charge in [-0.15, -0.1) is 0 Å². The van der Waals surface area contributed by atoms with Crippen LogP contribution in [0.4, 0.5) is 23.4 Å². The summed E-state index contributed by atoms with van der Waals surface area (Å²) in [7, 11) is 2.00. The number of aryl methyl sites for hydroxylation is 2. The molecule has 1 aromatic heterocycles. The number of carbonyl (C=O) groups excluding carboxylic acids is 1. The number of benzene rings is 2. The van der Waals surface area contributed by atoms with Crippen molar-refractivity contribution in [2.75, 3.05) is 39.0 Å². The van der Waals surface area contributed by atoms with Crippen molar-refractivity contribution < 1.29 is 27.5 Å². The molecule has 0 atom stereocenters. The SMILES string of the molecule is CN1CCN(C(=O)c2ccc(-c3cc(O)c(N)nc3CCc3cccc(F)c3C(F)(F)F)cc2)CC1. The molecule has 0 radical (unpaired) electrons. The molecule has 6 nitrogen and oxygen atoms in total. The highest BCUT2D eigenvalue weighted by atomic mass is 19.4. The molecule has 1 amide bonds. The third kappa shape index (κ3) is 5.43. The number of nitrogens with two attached hydrogens (primary N) is 1. The van der Waals surface area contributed by atoms with Crippen molar-refractivity contribution in [3.8, 4) is 16.9 Å². The fourth-order valence-corrected chi connectivity index (χ4v) is 4.33. The summed E-state index contributed by atoms with van der Waals surface area (Å²) in [6.45, 7) is 2.86. The maximum atomic E-state index is 14.0. The van der Waals surface area contributed by atoms with Crippen molar-refractivity contribution in [1.29, 1.82) is 0 Å². The van der Waals surface area contributed by atoms with Crippen molar-refractivity contribution in [2.45, 2.75) is 19.0 Å². The van der Waals surface area contributed by atoms with Gasteiger partial charge in [-0.3, -0.25) is 4.79 Å². The van der Waals surface area contributed by atoms with Gasteiger partial charge < -0.3 is 20.6 Å². The van der Waals surface area contributed by atoms with Crippen LogP contribution in [0.5, 0.6) is 5.75 Å². The second-order valence-electron chi connectivity index (χ2n) is 8.83. The number of aromatic hydroxyl groups is 1. The maximum absolute atomic E-state index is 14.0. The Balaban J connectivity index is 1.60. The van der Waals surface area contributed by atoms with Crippen LogP contribution in [0.25, 0.3) is 11.1 Å². The second-order valence-corrected chi connectivity index (χ2v) is 8.83. The van der Waals surface area contributed by atoms with Crippen molar-refractivity contribution in [1.82, 2.24) is 14.8 Å². The number of nitrogen functional groups attached to an aromatic ring is 1. The number of carbonyl (C=O) groups is 1. The molecule has 2 heterocycles. The zero-order chi connectivity index (χ0) is 26.0. The molecule has 190 valence electrons. The number of aromatic nitrogens is 1. The average Bonchev–Trinajstić information content (AvgIpc) is 2.84. The minimum Gasteiger partial charge on any atom is -0.504 e. The van der Waals surface area contributed by atoms with E-state index in [1.807, 2.05) is 7.05 Å². The summed E-state index contributed by atoms with van der Waals surface area (Å²) in [4.78, 5) is 21.0. The van der Waals surface area contributed by atoms with Gasteiger partial charge in [0.1, 0.15) is 5.82 Å². The molecule has 10 heteroatoms. The molecule has 0 unspecified atom stereocenters. The Morgan fingerprint density at radius 2 is 1.72 bits per heavy atom. The molecule has 2 aromatic carbocycles. The minimum atomic E-state index is -4.84. The van der Waals surface area contributed by atoms with Crippen LogP contribution in [0.15, 0.2) is 48.5 Å². The number of hydrogen-bond acceptors (Lipinski definition) is 5. The fourth-order valence-electron chi connectivity index (χ4n) is 4.33. The van der Waals surface area contributed by atoms with Crippen LogP contribution in [-0.4, -0.2) is 59.0 Å². The standard InChI is InChI=1S/C26H26F4N4O2/c1-33-11-13-34(14-12-33)25(36)18-7-5-16(6-8-18)19-15-22(35)24(31)32-21(19)10-9-17-3-2-4-20(27)23(17)26(28,29)30/h2-8,15,35H,9-14H2,1H3,(H2,31,32). The maximum Gasteiger partial charge on any atom is 0.419 e. The average molecular weight is 503 g/mol. The summed E-state index contributed by atoms with van der Waals surface area (Å²) in [5.41, 5.74) is 6.19. The van der Waals surface area contributed by atoms with Gasteiger partial charge in [0.05, 0.1) is 11.3 Å². The van der Waals surface area contributed by atoms with Crippen molar-refractivity contribution >= 4 is 11.7 Å². The highest BCUT2D eigenvalue weighted by Crippen LogP contribution is 2.36. The number of halogens is 4. The first-order chi connectivity index (χ1) is 17.0. The van der Waals surface area contributed by atoms with Crippen LogP contribution in [0.1, 0.15) is 27.2 Å². The molecule has 3 aromatic rings. The zero-order valence-electron chi connectivity index (χ0n) is 19.6. The molecule has 1 saturated heterocycles. The number of rotatable bonds is 5. The van der Waals surface area contributed by atoms with Gasteiger partial charge in [0, 0.05) is 37.3 Å². The lowest BCUT2D eigenvalue weighted by Crippen LogP contribution is -2.47. The van der Waals surface area contributed by atoms with Crippen molar-refractivity contribution in [2.24, 2.45) is 0 Å². The quantitative estimate of drug-likeness (QED) is 0.507. The van der Waals surface area contributed by atoms with E-state index in [0.29, 0.717) is 35.5 Å². The number of hydrogen-bond donors (Lipinski definition) is 2. The lowest BCUT2D eigenvalue weighted by Gasteiger charge is -2.32. The van der Waals surface area contributed by atoms with Crippen molar-refractivity contribution in [3.05, 3.63) is 76.7 Å².